The van der Waals surface area contributed by atoms with Gasteiger partial charge < -0.3 is 9.73 Å². The second-order valence-corrected chi connectivity index (χ2v) is 7.58. The van der Waals surface area contributed by atoms with Gasteiger partial charge in [-0.1, -0.05) is 37.3 Å². The van der Waals surface area contributed by atoms with Crippen molar-refractivity contribution in [3.63, 3.8) is 0 Å². The number of nitrogens with one attached hydrogen (secondary N) is 3. The summed E-state index contributed by atoms with van der Waals surface area (Å²) < 4.78 is 5.99. The van der Waals surface area contributed by atoms with Gasteiger partial charge in [0.1, 0.15) is 5.82 Å². The SMILES string of the molecule is CCNC(=O)Nc1cc(-c2nnc(-c3ccccc3)o2)c(-c2ccc(CC)c(C(=O)NN)c2)cn1. The van der Waals surface area contributed by atoms with Gasteiger partial charge in [-0.2, -0.15) is 0 Å². The van der Waals surface area contributed by atoms with Crippen molar-refractivity contribution in [3.05, 3.63) is 71.9 Å². The summed E-state index contributed by atoms with van der Waals surface area (Å²) in [5, 5.41) is 13.8. The first kappa shape index (κ1) is 23.6. The minimum absolute atomic E-state index is 0.240. The Bertz CT molecular complexity index is 1350. The van der Waals surface area contributed by atoms with Crippen LogP contribution in [0.1, 0.15) is 29.8 Å². The number of hydrogen-bond acceptors (Lipinski definition) is 7. The van der Waals surface area contributed by atoms with E-state index in [9.17, 15) is 9.59 Å². The highest BCUT2D eigenvalue weighted by Crippen LogP contribution is 2.35. The monoisotopic (exact) mass is 471 g/mol. The maximum atomic E-state index is 12.4. The molecule has 2 aromatic heterocycles. The van der Waals surface area contributed by atoms with E-state index < -0.39 is 5.91 Å². The molecule has 2 heterocycles. The van der Waals surface area contributed by atoms with Crippen LogP contribution < -0.4 is 21.9 Å². The number of hydrazine groups is 1. The van der Waals surface area contributed by atoms with Gasteiger partial charge in [0.2, 0.25) is 11.8 Å². The standard InChI is InChI=1S/C25H25N7O3/c1-3-15-10-11-17(12-18(15)22(33)30-26)20-14-28-21(29-25(34)27-4-2)13-19(20)24-32-31-23(35-24)16-8-6-5-7-9-16/h5-14H,3-4,26H2,1-2H3,(H,30,33)(H2,27,28,29,34). The third-order valence-electron chi connectivity index (χ3n) is 5.34. The molecule has 4 rings (SSSR count). The minimum atomic E-state index is -0.392. The summed E-state index contributed by atoms with van der Waals surface area (Å²) >= 11 is 0. The number of aromatic nitrogens is 3. The Morgan fingerprint density at radius 1 is 0.943 bits per heavy atom. The van der Waals surface area contributed by atoms with Gasteiger partial charge >= 0.3 is 6.03 Å². The normalized spacial score (nSPS) is 10.6. The minimum Gasteiger partial charge on any atom is -0.416 e. The molecule has 5 N–H and O–H groups in total. The van der Waals surface area contributed by atoms with Crippen molar-refractivity contribution in [1.29, 1.82) is 0 Å². The largest absolute Gasteiger partial charge is 0.416 e. The van der Waals surface area contributed by atoms with Gasteiger partial charge in [-0.15, -0.1) is 10.2 Å². The van der Waals surface area contributed by atoms with Crippen molar-refractivity contribution in [3.8, 4) is 34.0 Å². The third-order valence-corrected chi connectivity index (χ3v) is 5.34. The van der Waals surface area contributed by atoms with E-state index in [0.717, 1.165) is 11.1 Å². The van der Waals surface area contributed by atoms with Crippen LogP contribution in [0.15, 0.2) is 65.2 Å². The van der Waals surface area contributed by atoms with E-state index in [2.05, 4.69) is 31.2 Å². The lowest BCUT2D eigenvalue weighted by atomic mass is 9.95. The molecule has 0 aliphatic rings. The van der Waals surface area contributed by atoms with E-state index in [1.165, 1.54) is 0 Å². The number of aryl methyl sites for hydroxylation is 1. The average Bonchev–Trinajstić information content (AvgIpc) is 3.39. The number of rotatable bonds is 7. The van der Waals surface area contributed by atoms with E-state index in [-0.39, 0.29) is 11.9 Å². The molecule has 0 aliphatic carbocycles. The second kappa shape index (κ2) is 10.6. The van der Waals surface area contributed by atoms with E-state index >= 15 is 0 Å². The topological polar surface area (TPSA) is 148 Å². The molecule has 178 valence electrons. The molecule has 0 aliphatic heterocycles. The Morgan fingerprint density at radius 2 is 1.71 bits per heavy atom. The quantitative estimate of drug-likeness (QED) is 0.182. The fourth-order valence-electron chi connectivity index (χ4n) is 3.62. The smallest absolute Gasteiger partial charge is 0.320 e. The summed E-state index contributed by atoms with van der Waals surface area (Å²) in [7, 11) is 0. The van der Waals surface area contributed by atoms with Crippen molar-refractivity contribution >= 4 is 17.8 Å². The molecule has 35 heavy (non-hydrogen) atoms. The Balaban J connectivity index is 1.83. The molecule has 0 radical (unpaired) electrons. The summed E-state index contributed by atoms with van der Waals surface area (Å²) in [5.74, 6) is 5.90. The van der Waals surface area contributed by atoms with Crippen LogP contribution in [0.25, 0.3) is 34.0 Å². The summed E-state index contributed by atoms with van der Waals surface area (Å²) in [5.41, 5.74) is 6.17. The lowest BCUT2D eigenvalue weighted by Gasteiger charge is -2.13. The third kappa shape index (κ3) is 5.17. The average molecular weight is 472 g/mol. The number of anilines is 1. The maximum Gasteiger partial charge on any atom is 0.320 e. The predicted octanol–water partition coefficient (Wildman–Crippen LogP) is 3.77. The van der Waals surface area contributed by atoms with Gasteiger partial charge in [-0.25, -0.2) is 15.6 Å². The highest BCUT2D eigenvalue weighted by Gasteiger charge is 2.19. The molecule has 10 heteroatoms. The van der Waals surface area contributed by atoms with Gasteiger partial charge in [0.25, 0.3) is 5.91 Å². The summed E-state index contributed by atoms with van der Waals surface area (Å²) in [6.45, 7) is 4.25. The number of carbonyl (C=O) groups is 2. The Labute approximate surface area is 201 Å². The van der Waals surface area contributed by atoms with Gasteiger partial charge in [0, 0.05) is 29.4 Å². The summed E-state index contributed by atoms with van der Waals surface area (Å²) in [6, 6.07) is 16.2. The first-order valence-corrected chi connectivity index (χ1v) is 11.1. The van der Waals surface area contributed by atoms with Crippen LogP contribution in [-0.2, 0) is 6.42 Å². The van der Waals surface area contributed by atoms with Crippen molar-refractivity contribution < 1.29 is 14.0 Å². The van der Waals surface area contributed by atoms with Crippen LogP contribution in [0.4, 0.5) is 10.6 Å². The molecule has 10 nitrogen and oxygen atoms in total. The van der Waals surface area contributed by atoms with E-state index in [1.807, 2.05) is 56.3 Å². The van der Waals surface area contributed by atoms with Gasteiger partial charge in [0.15, 0.2) is 0 Å². The first-order chi connectivity index (χ1) is 17.0. The molecular weight excluding hydrogens is 446 g/mol. The van der Waals surface area contributed by atoms with Crippen LogP contribution >= 0.6 is 0 Å². The number of hydrogen-bond donors (Lipinski definition) is 4. The number of benzene rings is 2. The van der Waals surface area contributed by atoms with E-state index in [1.54, 1.807) is 18.3 Å². The van der Waals surface area contributed by atoms with Crippen molar-refractivity contribution in [2.75, 3.05) is 11.9 Å². The van der Waals surface area contributed by atoms with Gasteiger partial charge in [0.05, 0.1) is 5.56 Å². The van der Waals surface area contributed by atoms with Crippen molar-refractivity contribution in [1.82, 2.24) is 25.9 Å². The number of amides is 3. The molecule has 0 spiro atoms. The lowest BCUT2D eigenvalue weighted by molar-refractivity contribution is 0.0952. The number of carbonyl (C=O) groups excluding carboxylic acids is 2. The molecule has 0 atom stereocenters. The Kier molecular flexibility index (Phi) is 7.12. The molecule has 4 aromatic rings. The zero-order chi connectivity index (χ0) is 24.8. The fraction of sp³-hybridized carbons (Fsp3) is 0.160. The van der Waals surface area contributed by atoms with Crippen LogP contribution in [-0.4, -0.2) is 33.7 Å². The number of urea groups is 1. The van der Waals surface area contributed by atoms with Crippen molar-refractivity contribution in [2.45, 2.75) is 20.3 Å². The van der Waals surface area contributed by atoms with Gasteiger partial charge in [-0.3, -0.25) is 15.5 Å². The molecule has 0 bridgehead atoms. The van der Waals surface area contributed by atoms with Crippen LogP contribution in [0.3, 0.4) is 0 Å². The van der Waals surface area contributed by atoms with Crippen LogP contribution in [0.2, 0.25) is 0 Å². The number of nitrogen functional groups attached to an aromatic ring is 1. The molecule has 0 fully saturated rings. The maximum absolute atomic E-state index is 12.4. The number of nitrogens with zero attached hydrogens (tertiary/aromatic N) is 3. The number of nitrogens with two attached hydrogens (primary N) is 1. The van der Waals surface area contributed by atoms with E-state index in [0.29, 0.717) is 46.9 Å². The molecule has 0 unspecified atom stereocenters. The molecule has 0 saturated heterocycles. The van der Waals surface area contributed by atoms with Crippen LogP contribution in [0.5, 0.6) is 0 Å². The number of pyridine rings is 1. The fourth-order valence-corrected chi connectivity index (χ4v) is 3.62. The summed E-state index contributed by atoms with van der Waals surface area (Å²) in [4.78, 5) is 28.8. The highest BCUT2D eigenvalue weighted by molar-refractivity contribution is 5.97. The predicted molar refractivity (Wildman–Crippen MR) is 132 cm³/mol. The molecular formula is C25H25N7O3. The van der Waals surface area contributed by atoms with Crippen LogP contribution in [0, 0.1) is 0 Å². The zero-order valence-corrected chi connectivity index (χ0v) is 19.3. The Hall–Kier alpha value is -4.57. The highest BCUT2D eigenvalue weighted by atomic mass is 16.4. The van der Waals surface area contributed by atoms with E-state index in [4.69, 9.17) is 10.3 Å². The first-order valence-electron chi connectivity index (χ1n) is 11.1. The molecule has 2 aromatic carbocycles. The lowest BCUT2D eigenvalue weighted by Crippen LogP contribution is -2.30. The Morgan fingerprint density at radius 3 is 2.43 bits per heavy atom. The molecule has 3 amide bonds. The summed E-state index contributed by atoms with van der Waals surface area (Å²) in [6.07, 6.45) is 2.25. The van der Waals surface area contributed by atoms with Crippen molar-refractivity contribution in [2.24, 2.45) is 5.84 Å². The second-order valence-electron chi connectivity index (χ2n) is 7.58. The molecule has 0 saturated carbocycles. The zero-order valence-electron chi connectivity index (χ0n) is 19.3. The van der Waals surface area contributed by atoms with Gasteiger partial charge in [-0.05, 0) is 48.7 Å².